The van der Waals surface area contributed by atoms with E-state index in [1.54, 1.807) is 12.1 Å². The Hall–Kier alpha value is -2.29. The summed E-state index contributed by atoms with van der Waals surface area (Å²) in [5.41, 5.74) is 2.06. The van der Waals surface area contributed by atoms with Crippen molar-refractivity contribution in [2.24, 2.45) is 0 Å². The van der Waals surface area contributed by atoms with E-state index in [-0.39, 0.29) is 5.63 Å². The highest BCUT2D eigenvalue weighted by Crippen LogP contribution is 2.29. The van der Waals surface area contributed by atoms with Crippen molar-refractivity contribution in [1.82, 2.24) is 0 Å². The van der Waals surface area contributed by atoms with Crippen LogP contribution in [0.5, 0.6) is 0 Å². The van der Waals surface area contributed by atoms with Crippen LogP contribution in [0.2, 0.25) is 10.0 Å². The molecular formula is C19H10Cl2O2. The third kappa shape index (κ3) is 2.50. The Morgan fingerprint density at radius 1 is 0.652 bits per heavy atom. The third-order valence-electron chi connectivity index (χ3n) is 3.85. The summed E-state index contributed by atoms with van der Waals surface area (Å²) in [5.74, 6) is 0. The van der Waals surface area contributed by atoms with Crippen molar-refractivity contribution in [2.45, 2.75) is 0 Å². The lowest BCUT2D eigenvalue weighted by Crippen LogP contribution is -2.00. The number of benzene rings is 3. The fourth-order valence-electron chi connectivity index (χ4n) is 2.73. The zero-order chi connectivity index (χ0) is 16.0. The van der Waals surface area contributed by atoms with Gasteiger partial charge < -0.3 is 4.42 Å². The average molecular weight is 341 g/mol. The van der Waals surface area contributed by atoms with E-state index in [0.29, 0.717) is 21.0 Å². The van der Waals surface area contributed by atoms with E-state index >= 15 is 0 Å². The molecule has 0 fully saturated rings. The Labute approximate surface area is 141 Å². The molecule has 0 atom stereocenters. The molecule has 0 spiro atoms. The summed E-state index contributed by atoms with van der Waals surface area (Å²) in [7, 11) is 0. The van der Waals surface area contributed by atoms with Crippen molar-refractivity contribution in [3.05, 3.63) is 81.1 Å². The topological polar surface area (TPSA) is 30.2 Å². The molecule has 0 radical (unpaired) electrons. The zero-order valence-electron chi connectivity index (χ0n) is 11.8. The van der Waals surface area contributed by atoms with E-state index in [1.165, 1.54) is 0 Å². The first-order valence-corrected chi connectivity index (χ1v) is 7.79. The van der Waals surface area contributed by atoms with Gasteiger partial charge in [0.25, 0.3) is 0 Å². The molecule has 0 aliphatic rings. The molecule has 0 saturated carbocycles. The van der Waals surface area contributed by atoms with Crippen LogP contribution in [-0.2, 0) is 0 Å². The smallest absolute Gasteiger partial charge is 0.344 e. The summed E-state index contributed by atoms with van der Waals surface area (Å²) < 4.78 is 5.40. The van der Waals surface area contributed by atoms with Gasteiger partial charge in [-0.3, -0.25) is 0 Å². The molecule has 23 heavy (non-hydrogen) atoms. The highest BCUT2D eigenvalue weighted by Gasteiger charge is 2.09. The molecule has 3 aromatic carbocycles. The van der Waals surface area contributed by atoms with Gasteiger partial charge in [-0.25, -0.2) is 4.79 Å². The maximum atomic E-state index is 12.3. The van der Waals surface area contributed by atoms with Gasteiger partial charge in [-0.1, -0.05) is 47.5 Å². The Morgan fingerprint density at radius 3 is 2.09 bits per heavy atom. The van der Waals surface area contributed by atoms with Crippen LogP contribution in [0.1, 0.15) is 0 Å². The van der Waals surface area contributed by atoms with Gasteiger partial charge in [-0.05, 0) is 46.8 Å². The van der Waals surface area contributed by atoms with Crippen LogP contribution in [-0.4, -0.2) is 0 Å². The summed E-state index contributed by atoms with van der Waals surface area (Å²) in [6.45, 7) is 0. The number of fused-ring (bicyclic) bond motifs is 3. The summed E-state index contributed by atoms with van der Waals surface area (Å²) in [6, 6.07) is 18.6. The van der Waals surface area contributed by atoms with Gasteiger partial charge in [-0.15, -0.1) is 0 Å². The number of hydrogen-bond donors (Lipinski definition) is 0. The van der Waals surface area contributed by atoms with E-state index in [1.807, 2.05) is 48.5 Å². The second kappa shape index (κ2) is 5.41. The minimum atomic E-state index is -0.370. The lowest BCUT2D eigenvalue weighted by Gasteiger charge is -2.06. The van der Waals surface area contributed by atoms with Crippen LogP contribution in [0.4, 0.5) is 0 Å². The molecule has 2 nitrogen and oxygen atoms in total. The second-order valence-corrected chi connectivity index (χ2v) is 6.17. The predicted molar refractivity (Wildman–Crippen MR) is 95.4 cm³/mol. The van der Waals surface area contributed by atoms with Crippen LogP contribution < -0.4 is 5.63 Å². The molecule has 112 valence electrons. The standard InChI is InChI=1S/C19H10Cl2O2/c20-13-4-1-11(2-5-13)12-3-7-15-16-8-6-14(21)10-18(16)23-19(22)17(15)9-12/h1-10H. The van der Waals surface area contributed by atoms with E-state index in [4.69, 9.17) is 27.6 Å². The van der Waals surface area contributed by atoms with Crippen LogP contribution in [0.3, 0.4) is 0 Å². The van der Waals surface area contributed by atoms with Crippen molar-refractivity contribution in [3.63, 3.8) is 0 Å². The summed E-state index contributed by atoms with van der Waals surface area (Å²) >= 11 is 11.9. The van der Waals surface area contributed by atoms with Gasteiger partial charge in [0.05, 0.1) is 5.39 Å². The van der Waals surface area contributed by atoms with E-state index < -0.39 is 0 Å². The van der Waals surface area contributed by atoms with Gasteiger partial charge in [0.2, 0.25) is 0 Å². The van der Waals surface area contributed by atoms with Crippen molar-refractivity contribution in [2.75, 3.05) is 0 Å². The fraction of sp³-hybridized carbons (Fsp3) is 0. The fourth-order valence-corrected chi connectivity index (χ4v) is 3.02. The second-order valence-electron chi connectivity index (χ2n) is 5.30. The minimum absolute atomic E-state index is 0.370. The molecule has 4 heteroatoms. The molecule has 1 aromatic heterocycles. The van der Waals surface area contributed by atoms with Crippen molar-refractivity contribution < 1.29 is 4.42 Å². The predicted octanol–water partition coefficient (Wildman–Crippen LogP) is 5.92. The Bertz CT molecular complexity index is 1100. The van der Waals surface area contributed by atoms with E-state index in [2.05, 4.69) is 0 Å². The Balaban J connectivity index is 2.01. The van der Waals surface area contributed by atoms with Gasteiger partial charge >= 0.3 is 5.63 Å². The van der Waals surface area contributed by atoms with E-state index in [9.17, 15) is 4.79 Å². The highest BCUT2D eigenvalue weighted by atomic mass is 35.5. The Morgan fingerprint density at radius 2 is 1.30 bits per heavy atom. The minimum Gasteiger partial charge on any atom is -0.422 e. The first kappa shape index (κ1) is 14.3. The van der Waals surface area contributed by atoms with Crippen molar-refractivity contribution in [1.29, 1.82) is 0 Å². The molecule has 4 aromatic rings. The van der Waals surface area contributed by atoms with Gasteiger partial charge in [0.15, 0.2) is 0 Å². The summed E-state index contributed by atoms with van der Waals surface area (Å²) in [6.07, 6.45) is 0. The maximum Gasteiger partial charge on any atom is 0.344 e. The number of rotatable bonds is 1. The molecule has 0 unspecified atom stereocenters. The van der Waals surface area contributed by atoms with Crippen LogP contribution in [0.25, 0.3) is 32.9 Å². The maximum absolute atomic E-state index is 12.3. The zero-order valence-corrected chi connectivity index (χ0v) is 13.4. The first-order chi connectivity index (χ1) is 11.1. The van der Waals surface area contributed by atoms with Gasteiger partial charge in [0.1, 0.15) is 5.58 Å². The molecule has 0 bridgehead atoms. The molecule has 0 aliphatic carbocycles. The molecule has 0 saturated heterocycles. The largest absolute Gasteiger partial charge is 0.422 e. The third-order valence-corrected chi connectivity index (χ3v) is 4.34. The molecule has 4 rings (SSSR count). The highest BCUT2D eigenvalue weighted by molar-refractivity contribution is 6.31. The van der Waals surface area contributed by atoms with Gasteiger partial charge in [-0.2, -0.15) is 0 Å². The van der Waals surface area contributed by atoms with Crippen LogP contribution >= 0.6 is 23.2 Å². The SMILES string of the molecule is O=c1oc2cc(Cl)ccc2c2ccc(-c3ccc(Cl)cc3)cc12. The molecule has 0 N–H and O–H groups in total. The quantitative estimate of drug-likeness (QED) is 0.318. The van der Waals surface area contributed by atoms with E-state index in [0.717, 1.165) is 21.9 Å². The average Bonchev–Trinajstić information content (AvgIpc) is 2.55. The normalized spacial score (nSPS) is 11.2. The molecule has 1 heterocycles. The summed E-state index contributed by atoms with van der Waals surface area (Å²) in [4.78, 5) is 12.3. The Kier molecular flexibility index (Phi) is 3.37. The van der Waals surface area contributed by atoms with Crippen LogP contribution in [0.15, 0.2) is 69.9 Å². The lowest BCUT2D eigenvalue weighted by molar-refractivity contribution is 0.570. The molecule has 0 aliphatic heterocycles. The van der Waals surface area contributed by atoms with Crippen molar-refractivity contribution in [3.8, 4) is 11.1 Å². The number of halogens is 2. The summed E-state index contributed by atoms with van der Waals surface area (Å²) in [5, 5.41) is 3.49. The number of hydrogen-bond acceptors (Lipinski definition) is 2. The monoisotopic (exact) mass is 340 g/mol. The lowest BCUT2D eigenvalue weighted by atomic mass is 10.0. The van der Waals surface area contributed by atoms with Crippen molar-refractivity contribution >= 4 is 44.9 Å². The van der Waals surface area contributed by atoms with Crippen LogP contribution in [0, 0.1) is 0 Å². The molecular weight excluding hydrogens is 331 g/mol. The van der Waals surface area contributed by atoms with Gasteiger partial charge in [0, 0.05) is 21.5 Å². The molecule has 0 amide bonds. The first-order valence-electron chi connectivity index (χ1n) is 7.04.